The normalized spacial score (nSPS) is 16.8. The predicted octanol–water partition coefficient (Wildman–Crippen LogP) is 3.05. The topological polar surface area (TPSA) is 124 Å². The highest BCUT2D eigenvalue weighted by Gasteiger charge is 2.38. The Hall–Kier alpha value is -3.67. The fraction of sp³-hybridized carbons (Fsp3) is 0.286. The number of fused-ring (bicyclic) bond motifs is 1. The number of nitrogens with one attached hydrogen (secondary N) is 2. The minimum atomic E-state index is -5.08. The van der Waals surface area contributed by atoms with Crippen LogP contribution in [0.4, 0.5) is 23.2 Å². The number of hydrogen-bond acceptors (Lipinski definition) is 5. The Balaban J connectivity index is 0.000000383. The smallest absolute Gasteiger partial charge is 0.475 e. The molecule has 1 amide bonds. The molecule has 0 spiro atoms. The zero-order chi connectivity index (χ0) is 24.2. The minimum Gasteiger partial charge on any atom is -0.475 e. The Morgan fingerprint density at radius 1 is 1.24 bits per heavy atom. The van der Waals surface area contributed by atoms with Crippen molar-refractivity contribution in [2.45, 2.75) is 24.7 Å². The first-order chi connectivity index (χ1) is 15.5. The van der Waals surface area contributed by atoms with E-state index in [0.29, 0.717) is 18.7 Å². The first kappa shape index (κ1) is 24.0. The van der Waals surface area contributed by atoms with Crippen LogP contribution >= 0.6 is 0 Å². The molecule has 176 valence electrons. The molecule has 0 bridgehead atoms. The second-order valence-electron chi connectivity index (χ2n) is 7.42. The van der Waals surface area contributed by atoms with Crippen LogP contribution in [0.25, 0.3) is 10.9 Å². The first-order valence-corrected chi connectivity index (χ1v) is 9.84. The van der Waals surface area contributed by atoms with Crippen LogP contribution in [0.3, 0.4) is 0 Å². The molecule has 5 N–H and O–H groups in total. The van der Waals surface area contributed by atoms with Gasteiger partial charge in [0, 0.05) is 30.2 Å². The van der Waals surface area contributed by atoms with Crippen molar-refractivity contribution < 1.29 is 32.3 Å². The van der Waals surface area contributed by atoms with E-state index in [9.17, 15) is 22.4 Å². The van der Waals surface area contributed by atoms with E-state index in [-0.39, 0.29) is 17.8 Å². The molecule has 0 aliphatic carbocycles. The zero-order valence-electron chi connectivity index (χ0n) is 17.1. The Morgan fingerprint density at radius 3 is 2.64 bits per heavy atom. The number of rotatable bonds is 4. The van der Waals surface area contributed by atoms with Crippen molar-refractivity contribution >= 4 is 28.5 Å². The number of carboxylic acids is 1. The van der Waals surface area contributed by atoms with Gasteiger partial charge in [0.15, 0.2) is 0 Å². The van der Waals surface area contributed by atoms with Crippen molar-refractivity contribution in [2.75, 3.05) is 18.4 Å². The number of carbonyl (C=O) groups excluding carboxylic acids is 1. The second kappa shape index (κ2) is 9.86. The maximum atomic E-state index is 13.4. The third-order valence-corrected chi connectivity index (χ3v) is 5.03. The molecule has 8 nitrogen and oxygen atoms in total. The Morgan fingerprint density at radius 2 is 1.97 bits per heavy atom. The molecule has 1 fully saturated rings. The minimum absolute atomic E-state index is 0.156. The molecular weight excluding hydrogens is 446 g/mol. The number of aliphatic carboxylic acids is 1. The van der Waals surface area contributed by atoms with E-state index in [1.165, 1.54) is 12.1 Å². The van der Waals surface area contributed by atoms with E-state index in [2.05, 4.69) is 15.5 Å². The van der Waals surface area contributed by atoms with Crippen LogP contribution in [0.15, 0.2) is 48.7 Å². The molecule has 33 heavy (non-hydrogen) atoms. The number of carboxylic acid groups (broad SMARTS) is 1. The number of H-pyrrole nitrogens is 1. The first-order valence-electron chi connectivity index (χ1n) is 9.84. The molecule has 1 saturated heterocycles. The third kappa shape index (κ3) is 6.19. The molecule has 1 aromatic heterocycles. The lowest BCUT2D eigenvalue weighted by atomic mass is 10.1. The second-order valence-corrected chi connectivity index (χ2v) is 7.42. The van der Waals surface area contributed by atoms with Gasteiger partial charge >= 0.3 is 12.1 Å². The summed E-state index contributed by atoms with van der Waals surface area (Å²) in [6.45, 7) is 1.21. The Labute approximate surface area is 185 Å². The van der Waals surface area contributed by atoms with Gasteiger partial charge in [-0.25, -0.2) is 9.18 Å². The molecule has 2 heterocycles. The van der Waals surface area contributed by atoms with Crippen LogP contribution in [-0.2, 0) is 9.59 Å². The van der Waals surface area contributed by atoms with Crippen LogP contribution in [0, 0.1) is 5.82 Å². The lowest BCUT2D eigenvalue weighted by molar-refractivity contribution is -0.192. The van der Waals surface area contributed by atoms with Gasteiger partial charge in [-0.3, -0.25) is 9.89 Å². The highest BCUT2D eigenvalue weighted by molar-refractivity contribution is 5.84. The van der Waals surface area contributed by atoms with Gasteiger partial charge in [-0.1, -0.05) is 12.1 Å². The van der Waals surface area contributed by atoms with Crippen molar-refractivity contribution in [3.8, 4) is 0 Å². The molecule has 1 aliphatic rings. The summed E-state index contributed by atoms with van der Waals surface area (Å²) in [5.74, 6) is -3.32. The van der Waals surface area contributed by atoms with E-state index in [1.54, 1.807) is 23.2 Å². The maximum absolute atomic E-state index is 13.4. The highest BCUT2D eigenvalue weighted by Crippen LogP contribution is 2.22. The summed E-state index contributed by atoms with van der Waals surface area (Å²) < 4.78 is 45.1. The van der Waals surface area contributed by atoms with Crippen LogP contribution in [0.5, 0.6) is 0 Å². The maximum Gasteiger partial charge on any atom is 0.490 e. The summed E-state index contributed by atoms with van der Waals surface area (Å²) >= 11 is 0. The van der Waals surface area contributed by atoms with E-state index in [1.807, 2.05) is 18.2 Å². The lowest BCUT2D eigenvalue weighted by Crippen LogP contribution is -2.38. The Kier molecular flexibility index (Phi) is 7.16. The summed E-state index contributed by atoms with van der Waals surface area (Å²) in [5, 5.41) is 18.6. The fourth-order valence-corrected chi connectivity index (χ4v) is 3.39. The van der Waals surface area contributed by atoms with Gasteiger partial charge in [0.1, 0.15) is 11.9 Å². The number of nitrogens with two attached hydrogens (primary N) is 1. The largest absolute Gasteiger partial charge is 0.490 e. The van der Waals surface area contributed by atoms with Crippen molar-refractivity contribution in [2.24, 2.45) is 5.73 Å². The van der Waals surface area contributed by atoms with Crippen molar-refractivity contribution in [1.82, 2.24) is 15.1 Å². The average molecular weight is 467 g/mol. The number of carbonyl (C=O) groups is 2. The van der Waals surface area contributed by atoms with Crippen molar-refractivity contribution in [3.63, 3.8) is 0 Å². The van der Waals surface area contributed by atoms with Crippen LogP contribution < -0.4 is 11.1 Å². The monoisotopic (exact) mass is 467 g/mol. The number of likely N-dealkylation sites (tertiary alicyclic amines) is 1. The van der Waals surface area contributed by atoms with Crippen LogP contribution in [0.2, 0.25) is 0 Å². The third-order valence-electron chi connectivity index (χ3n) is 5.03. The molecule has 0 radical (unpaired) electrons. The van der Waals surface area contributed by atoms with Gasteiger partial charge in [-0.2, -0.15) is 18.3 Å². The standard InChI is InChI=1S/C19H20FN5O.C2HF3O2/c20-14-3-1-2-12(8-14)18(21)19(26)25-7-6-16(11-25)23-15-4-5-17-13(9-15)10-22-24-17;3-2(4,5)1(6)7/h1-5,8-10,16,18,23H,6-7,11,21H2,(H,22,24);(H,6,7). The highest BCUT2D eigenvalue weighted by atomic mass is 19.4. The molecule has 4 rings (SSSR count). The molecule has 1 aliphatic heterocycles. The summed E-state index contributed by atoms with van der Waals surface area (Å²) in [4.78, 5) is 23.3. The van der Waals surface area contributed by atoms with Gasteiger partial charge < -0.3 is 21.1 Å². The van der Waals surface area contributed by atoms with Gasteiger partial charge in [-0.15, -0.1) is 0 Å². The number of aromatic amines is 1. The quantitative estimate of drug-likeness (QED) is 0.437. The van der Waals surface area contributed by atoms with Gasteiger partial charge in [-0.05, 0) is 42.3 Å². The molecule has 2 atom stereocenters. The van der Waals surface area contributed by atoms with Crippen LogP contribution in [-0.4, -0.2) is 57.4 Å². The number of hydrogen-bond donors (Lipinski definition) is 4. The average Bonchev–Trinajstić information content (AvgIpc) is 3.41. The number of aromatic nitrogens is 2. The van der Waals surface area contributed by atoms with E-state index >= 15 is 0 Å². The number of benzene rings is 2. The number of anilines is 1. The zero-order valence-corrected chi connectivity index (χ0v) is 17.1. The molecule has 12 heteroatoms. The van der Waals surface area contributed by atoms with E-state index < -0.39 is 18.2 Å². The van der Waals surface area contributed by atoms with Crippen molar-refractivity contribution in [1.29, 1.82) is 0 Å². The van der Waals surface area contributed by atoms with Crippen molar-refractivity contribution in [3.05, 3.63) is 60.0 Å². The summed E-state index contributed by atoms with van der Waals surface area (Å²) in [6.07, 6.45) is -2.46. The summed E-state index contributed by atoms with van der Waals surface area (Å²) in [7, 11) is 0. The van der Waals surface area contributed by atoms with Gasteiger partial charge in [0.25, 0.3) is 0 Å². The van der Waals surface area contributed by atoms with Gasteiger partial charge in [0.05, 0.1) is 11.7 Å². The van der Waals surface area contributed by atoms with E-state index in [4.69, 9.17) is 15.6 Å². The predicted molar refractivity (Wildman–Crippen MR) is 112 cm³/mol. The molecular formula is C21H21F4N5O3. The summed E-state index contributed by atoms with van der Waals surface area (Å²) in [5.41, 5.74) is 8.52. The molecule has 0 saturated carbocycles. The van der Waals surface area contributed by atoms with Gasteiger partial charge in [0.2, 0.25) is 5.91 Å². The number of nitrogens with zero attached hydrogens (tertiary/aromatic N) is 2. The summed E-state index contributed by atoms with van der Waals surface area (Å²) in [6, 6.07) is 11.2. The lowest BCUT2D eigenvalue weighted by Gasteiger charge is -2.21. The Bertz CT molecular complexity index is 1130. The SMILES string of the molecule is NC(C(=O)N1CCC(Nc2ccc3[nH]ncc3c2)C1)c1cccc(F)c1.O=C(O)C(F)(F)F. The number of halogens is 4. The fourth-order valence-electron chi connectivity index (χ4n) is 3.39. The number of alkyl halides is 3. The molecule has 3 aromatic rings. The molecule has 2 aromatic carbocycles. The van der Waals surface area contributed by atoms with E-state index in [0.717, 1.165) is 23.0 Å². The number of amides is 1. The molecule has 2 unspecified atom stereocenters. The van der Waals surface area contributed by atoms with Crippen LogP contribution in [0.1, 0.15) is 18.0 Å².